The molecule has 4 aromatic rings. The van der Waals surface area contributed by atoms with E-state index in [4.69, 9.17) is 0 Å². The molecule has 0 fully saturated rings. The summed E-state index contributed by atoms with van der Waals surface area (Å²) in [5.74, 6) is 0.624. The third-order valence-corrected chi connectivity index (χ3v) is 4.20. The van der Waals surface area contributed by atoms with E-state index in [2.05, 4.69) is 32.1 Å². The standard InChI is InChI=1S/C20H19N5O/c1-24(13-15-8-4-2-5-9-15)14-18-22-19-17(20(26)23-18)12-21-25(19)16-10-6-3-7-11-16/h2-12H,13-14H2,1H3,(H,22,23,26). The number of nitrogens with one attached hydrogen (secondary N) is 1. The Morgan fingerprint density at radius 1 is 1.00 bits per heavy atom. The SMILES string of the molecule is CN(Cc1ccccc1)Cc1nc2c(cnn2-c2ccccc2)c(=O)[nH]1. The Morgan fingerprint density at radius 2 is 1.69 bits per heavy atom. The summed E-state index contributed by atoms with van der Waals surface area (Å²) in [6.45, 7) is 1.32. The predicted octanol–water partition coefficient (Wildman–Crippen LogP) is 2.74. The highest BCUT2D eigenvalue weighted by atomic mass is 16.1. The lowest BCUT2D eigenvalue weighted by molar-refractivity contribution is 0.310. The fourth-order valence-electron chi connectivity index (χ4n) is 3.00. The van der Waals surface area contributed by atoms with Crippen molar-refractivity contribution in [2.75, 3.05) is 7.05 Å². The van der Waals surface area contributed by atoms with E-state index in [9.17, 15) is 4.79 Å². The van der Waals surface area contributed by atoms with Gasteiger partial charge in [0, 0.05) is 6.54 Å². The van der Waals surface area contributed by atoms with Crippen LogP contribution in [0.2, 0.25) is 0 Å². The normalized spacial score (nSPS) is 11.3. The summed E-state index contributed by atoms with van der Waals surface area (Å²) < 4.78 is 1.70. The molecule has 6 heteroatoms. The van der Waals surface area contributed by atoms with Crippen LogP contribution in [0.5, 0.6) is 0 Å². The smallest absolute Gasteiger partial charge is 0.262 e. The van der Waals surface area contributed by atoms with E-state index in [0.29, 0.717) is 23.4 Å². The van der Waals surface area contributed by atoms with Crippen LogP contribution in [0, 0.1) is 0 Å². The Kier molecular flexibility index (Phi) is 4.33. The van der Waals surface area contributed by atoms with Crippen LogP contribution in [-0.4, -0.2) is 31.7 Å². The van der Waals surface area contributed by atoms with Gasteiger partial charge in [-0.1, -0.05) is 48.5 Å². The van der Waals surface area contributed by atoms with Gasteiger partial charge in [0.15, 0.2) is 5.65 Å². The Bertz CT molecular complexity index is 1070. The number of H-pyrrole nitrogens is 1. The zero-order chi connectivity index (χ0) is 17.9. The van der Waals surface area contributed by atoms with Crippen LogP contribution in [0.25, 0.3) is 16.7 Å². The zero-order valence-electron chi connectivity index (χ0n) is 14.5. The highest BCUT2D eigenvalue weighted by Crippen LogP contribution is 2.14. The number of hydrogen-bond donors (Lipinski definition) is 1. The highest BCUT2D eigenvalue weighted by molar-refractivity contribution is 5.75. The lowest BCUT2D eigenvalue weighted by Crippen LogP contribution is -2.22. The van der Waals surface area contributed by atoms with Gasteiger partial charge in [-0.05, 0) is 24.7 Å². The van der Waals surface area contributed by atoms with E-state index in [1.54, 1.807) is 10.9 Å². The van der Waals surface area contributed by atoms with Crippen LogP contribution >= 0.6 is 0 Å². The van der Waals surface area contributed by atoms with Crippen molar-refractivity contribution >= 4 is 11.0 Å². The quantitative estimate of drug-likeness (QED) is 0.604. The van der Waals surface area contributed by atoms with E-state index >= 15 is 0 Å². The van der Waals surface area contributed by atoms with Crippen LogP contribution in [-0.2, 0) is 13.1 Å². The number of para-hydroxylation sites is 1. The van der Waals surface area contributed by atoms with Crippen molar-refractivity contribution in [2.24, 2.45) is 0 Å². The molecule has 0 aliphatic rings. The second kappa shape index (κ2) is 6.93. The van der Waals surface area contributed by atoms with Crippen molar-refractivity contribution in [1.82, 2.24) is 24.6 Å². The van der Waals surface area contributed by atoms with Crippen LogP contribution < -0.4 is 5.56 Å². The van der Waals surface area contributed by atoms with E-state index in [1.165, 1.54) is 5.56 Å². The van der Waals surface area contributed by atoms with Crippen LogP contribution in [0.15, 0.2) is 71.7 Å². The van der Waals surface area contributed by atoms with Crippen molar-refractivity contribution in [2.45, 2.75) is 13.1 Å². The number of aromatic nitrogens is 4. The first-order valence-electron chi connectivity index (χ1n) is 8.45. The van der Waals surface area contributed by atoms with Crippen molar-refractivity contribution in [1.29, 1.82) is 0 Å². The first kappa shape index (κ1) is 16.2. The molecule has 0 saturated carbocycles. The van der Waals surface area contributed by atoms with Crippen molar-refractivity contribution in [3.63, 3.8) is 0 Å². The number of fused-ring (bicyclic) bond motifs is 1. The summed E-state index contributed by atoms with van der Waals surface area (Å²) in [6, 6.07) is 19.9. The van der Waals surface area contributed by atoms with Gasteiger partial charge in [0.1, 0.15) is 11.2 Å². The molecular weight excluding hydrogens is 326 g/mol. The molecule has 0 amide bonds. The summed E-state index contributed by atoms with van der Waals surface area (Å²) in [7, 11) is 2.01. The fourth-order valence-corrected chi connectivity index (χ4v) is 3.00. The molecule has 0 saturated heterocycles. The molecule has 2 aromatic heterocycles. The van der Waals surface area contributed by atoms with Crippen molar-refractivity contribution in [3.8, 4) is 5.69 Å². The van der Waals surface area contributed by atoms with Crippen LogP contribution in [0.1, 0.15) is 11.4 Å². The average Bonchev–Trinajstić information content (AvgIpc) is 3.07. The van der Waals surface area contributed by atoms with Crippen LogP contribution in [0.3, 0.4) is 0 Å². The summed E-state index contributed by atoms with van der Waals surface area (Å²) in [6.07, 6.45) is 1.56. The third kappa shape index (κ3) is 3.27. The van der Waals surface area contributed by atoms with Gasteiger partial charge in [-0.15, -0.1) is 0 Å². The summed E-state index contributed by atoms with van der Waals surface area (Å²) in [5, 5.41) is 4.82. The molecule has 6 nitrogen and oxygen atoms in total. The maximum atomic E-state index is 12.4. The predicted molar refractivity (Wildman–Crippen MR) is 101 cm³/mol. The van der Waals surface area contributed by atoms with Gasteiger partial charge in [0.05, 0.1) is 18.4 Å². The lowest BCUT2D eigenvalue weighted by Gasteiger charge is -2.16. The monoisotopic (exact) mass is 345 g/mol. The van der Waals surface area contributed by atoms with Gasteiger partial charge >= 0.3 is 0 Å². The number of rotatable bonds is 5. The summed E-state index contributed by atoms with van der Waals surface area (Å²) >= 11 is 0. The fraction of sp³-hybridized carbons (Fsp3) is 0.150. The maximum Gasteiger partial charge on any atom is 0.262 e. The van der Waals surface area contributed by atoms with Crippen LogP contribution in [0.4, 0.5) is 0 Å². The Hall–Kier alpha value is -3.25. The number of hydrogen-bond acceptors (Lipinski definition) is 4. The van der Waals surface area contributed by atoms with Gasteiger partial charge < -0.3 is 4.98 Å². The van der Waals surface area contributed by atoms with Gasteiger partial charge in [0.25, 0.3) is 5.56 Å². The maximum absolute atomic E-state index is 12.4. The zero-order valence-corrected chi connectivity index (χ0v) is 14.5. The Balaban J connectivity index is 1.65. The van der Waals surface area contributed by atoms with Crippen molar-refractivity contribution < 1.29 is 0 Å². The molecule has 0 unspecified atom stereocenters. The first-order valence-corrected chi connectivity index (χ1v) is 8.45. The molecule has 0 spiro atoms. The minimum atomic E-state index is -0.166. The molecule has 26 heavy (non-hydrogen) atoms. The molecule has 0 atom stereocenters. The third-order valence-electron chi connectivity index (χ3n) is 4.20. The first-order chi connectivity index (χ1) is 12.7. The summed E-state index contributed by atoms with van der Waals surface area (Å²) in [4.78, 5) is 22.1. The Morgan fingerprint density at radius 3 is 2.42 bits per heavy atom. The molecule has 0 aliphatic carbocycles. The molecule has 2 heterocycles. The van der Waals surface area contributed by atoms with Gasteiger partial charge in [-0.3, -0.25) is 9.69 Å². The minimum Gasteiger partial charge on any atom is -0.309 e. The second-order valence-corrected chi connectivity index (χ2v) is 6.30. The number of benzene rings is 2. The van der Waals surface area contributed by atoms with Gasteiger partial charge in [-0.25, -0.2) is 9.67 Å². The second-order valence-electron chi connectivity index (χ2n) is 6.30. The number of nitrogens with zero attached hydrogens (tertiary/aromatic N) is 4. The lowest BCUT2D eigenvalue weighted by atomic mass is 10.2. The largest absolute Gasteiger partial charge is 0.309 e. The molecule has 1 N–H and O–H groups in total. The summed E-state index contributed by atoms with van der Waals surface area (Å²) in [5.41, 5.74) is 2.50. The molecule has 130 valence electrons. The molecule has 4 rings (SSSR count). The van der Waals surface area contributed by atoms with Gasteiger partial charge in [0.2, 0.25) is 0 Å². The van der Waals surface area contributed by atoms with Crippen molar-refractivity contribution in [3.05, 3.63) is 88.6 Å². The molecule has 0 aliphatic heterocycles. The number of aromatic amines is 1. The molecule has 0 radical (unpaired) electrons. The molecule has 2 aromatic carbocycles. The topological polar surface area (TPSA) is 66.8 Å². The van der Waals surface area contributed by atoms with Gasteiger partial charge in [-0.2, -0.15) is 5.10 Å². The molecular formula is C20H19N5O. The van der Waals surface area contributed by atoms with E-state index < -0.39 is 0 Å². The minimum absolute atomic E-state index is 0.166. The Labute approximate surface area is 150 Å². The van der Waals surface area contributed by atoms with E-state index in [-0.39, 0.29) is 5.56 Å². The average molecular weight is 345 g/mol. The molecule has 0 bridgehead atoms. The van der Waals surface area contributed by atoms with E-state index in [0.717, 1.165) is 12.2 Å². The van der Waals surface area contributed by atoms with E-state index in [1.807, 2.05) is 55.6 Å². The highest BCUT2D eigenvalue weighted by Gasteiger charge is 2.12.